The van der Waals surface area contributed by atoms with E-state index >= 15 is 0 Å². The molecule has 1 aromatic rings. The predicted molar refractivity (Wildman–Crippen MR) is 87.4 cm³/mol. The van der Waals surface area contributed by atoms with E-state index in [1.54, 1.807) is 17.2 Å². The lowest BCUT2D eigenvalue weighted by Crippen LogP contribution is -2.38. The Bertz CT molecular complexity index is 694. The molecule has 3 rings (SSSR count). The fourth-order valence-corrected chi connectivity index (χ4v) is 3.85. The van der Waals surface area contributed by atoms with Gasteiger partial charge in [0.1, 0.15) is 9.84 Å². The summed E-state index contributed by atoms with van der Waals surface area (Å²) in [5, 5.41) is 0. The van der Waals surface area contributed by atoms with Gasteiger partial charge in [0.05, 0.1) is 31.0 Å². The SMILES string of the molecule is CS(=O)(=O)CCC(=O)N1C[C@@H]2COC[C@]2(COc2ccccn2)C1. The summed E-state index contributed by atoms with van der Waals surface area (Å²) < 4.78 is 33.9. The Hall–Kier alpha value is -1.67. The Morgan fingerprint density at radius 3 is 3.04 bits per heavy atom. The standard InChI is InChI=1S/C16H22N2O5S/c1-24(20,21)7-5-15(19)18-8-13-9-22-11-16(13,10-18)12-23-14-4-2-3-6-17-14/h2-4,6,13H,5,7-12H2,1H3/t13-,16+/m1/s1. The molecule has 2 aliphatic rings. The average molecular weight is 354 g/mol. The zero-order valence-electron chi connectivity index (χ0n) is 13.7. The molecule has 1 amide bonds. The average Bonchev–Trinajstić information content (AvgIpc) is 3.08. The highest BCUT2D eigenvalue weighted by molar-refractivity contribution is 7.90. The summed E-state index contributed by atoms with van der Waals surface area (Å²) in [7, 11) is -3.13. The number of sulfone groups is 1. The Balaban J connectivity index is 1.62. The van der Waals surface area contributed by atoms with Crippen molar-refractivity contribution >= 4 is 15.7 Å². The third kappa shape index (κ3) is 3.87. The van der Waals surface area contributed by atoms with Gasteiger partial charge in [-0.3, -0.25) is 4.79 Å². The van der Waals surface area contributed by atoms with E-state index in [4.69, 9.17) is 9.47 Å². The van der Waals surface area contributed by atoms with Crippen molar-refractivity contribution in [3.8, 4) is 5.88 Å². The largest absolute Gasteiger partial charge is 0.477 e. The van der Waals surface area contributed by atoms with Gasteiger partial charge in [-0.05, 0) is 6.07 Å². The molecular formula is C16H22N2O5S. The monoisotopic (exact) mass is 354 g/mol. The zero-order chi connectivity index (χ0) is 17.2. The topological polar surface area (TPSA) is 85.8 Å². The van der Waals surface area contributed by atoms with Crippen LogP contribution in [0.15, 0.2) is 24.4 Å². The van der Waals surface area contributed by atoms with Gasteiger partial charge in [0.15, 0.2) is 0 Å². The van der Waals surface area contributed by atoms with Crippen LogP contribution in [0.2, 0.25) is 0 Å². The van der Waals surface area contributed by atoms with Gasteiger partial charge >= 0.3 is 0 Å². The Kier molecular flexibility index (Phi) is 4.78. The van der Waals surface area contributed by atoms with Crippen LogP contribution in [0.25, 0.3) is 0 Å². The molecule has 2 fully saturated rings. The van der Waals surface area contributed by atoms with Crippen molar-refractivity contribution in [1.29, 1.82) is 0 Å². The lowest BCUT2D eigenvalue weighted by molar-refractivity contribution is -0.130. The van der Waals surface area contributed by atoms with Crippen molar-refractivity contribution in [1.82, 2.24) is 9.88 Å². The number of carbonyl (C=O) groups excluding carboxylic acids is 1. The quantitative estimate of drug-likeness (QED) is 0.734. The number of amides is 1. The van der Waals surface area contributed by atoms with Gasteiger partial charge in [-0.15, -0.1) is 0 Å². The first-order valence-corrected chi connectivity index (χ1v) is 10.0. The smallest absolute Gasteiger partial charge is 0.223 e. The molecule has 0 bridgehead atoms. The molecule has 24 heavy (non-hydrogen) atoms. The molecule has 2 saturated heterocycles. The van der Waals surface area contributed by atoms with Crippen molar-refractivity contribution in [2.24, 2.45) is 11.3 Å². The fraction of sp³-hybridized carbons (Fsp3) is 0.625. The van der Waals surface area contributed by atoms with Crippen LogP contribution in [0, 0.1) is 11.3 Å². The summed E-state index contributed by atoms with van der Waals surface area (Å²) in [4.78, 5) is 18.2. The predicted octanol–water partition coefficient (Wildman–Crippen LogP) is 0.370. The second-order valence-corrected chi connectivity index (χ2v) is 8.94. The first-order chi connectivity index (χ1) is 11.4. The van der Waals surface area contributed by atoms with Gasteiger partial charge in [-0.25, -0.2) is 13.4 Å². The van der Waals surface area contributed by atoms with Crippen LogP contribution in [0.5, 0.6) is 5.88 Å². The summed E-state index contributed by atoms with van der Waals surface area (Å²) >= 11 is 0. The summed E-state index contributed by atoms with van der Waals surface area (Å²) in [6, 6.07) is 5.48. The number of hydrogen-bond donors (Lipinski definition) is 0. The van der Waals surface area contributed by atoms with Crippen LogP contribution in [-0.4, -0.2) is 69.1 Å². The highest BCUT2D eigenvalue weighted by Crippen LogP contribution is 2.41. The minimum Gasteiger partial charge on any atom is -0.477 e. The summed E-state index contributed by atoms with van der Waals surface area (Å²) in [6.07, 6.45) is 2.85. The molecule has 0 saturated carbocycles. The van der Waals surface area contributed by atoms with Gasteiger partial charge in [0.25, 0.3) is 0 Å². The Morgan fingerprint density at radius 1 is 1.50 bits per heavy atom. The Morgan fingerprint density at radius 2 is 2.33 bits per heavy atom. The number of rotatable bonds is 6. The number of carbonyl (C=O) groups is 1. The van der Waals surface area contributed by atoms with E-state index < -0.39 is 9.84 Å². The van der Waals surface area contributed by atoms with Gasteiger partial charge in [0, 0.05) is 43.9 Å². The van der Waals surface area contributed by atoms with Crippen molar-refractivity contribution in [2.75, 3.05) is 44.9 Å². The number of nitrogens with zero attached hydrogens (tertiary/aromatic N) is 2. The summed E-state index contributed by atoms with van der Waals surface area (Å²) in [5.74, 6) is 0.538. The zero-order valence-corrected chi connectivity index (χ0v) is 14.5. The maximum Gasteiger partial charge on any atom is 0.223 e. The van der Waals surface area contributed by atoms with Gasteiger partial charge in [0.2, 0.25) is 11.8 Å². The van der Waals surface area contributed by atoms with Crippen molar-refractivity contribution in [3.63, 3.8) is 0 Å². The van der Waals surface area contributed by atoms with E-state index in [1.165, 1.54) is 0 Å². The molecule has 3 heterocycles. The number of fused-ring (bicyclic) bond motifs is 1. The minimum atomic E-state index is -3.13. The highest BCUT2D eigenvalue weighted by Gasteiger charge is 2.52. The maximum absolute atomic E-state index is 12.3. The second kappa shape index (κ2) is 6.68. The lowest BCUT2D eigenvalue weighted by atomic mass is 9.82. The molecule has 8 heteroatoms. The molecule has 0 unspecified atom stereocenters. The van der Waals surface area contributed by atoms with Crippen molar-refractivity contribution in [2.45, 2.75) is 6.42 Å². The normalized spacial score (nSPS) is 26.4. The van der Waals surface area contributed by atoms with Gasteiger partial charge < -0.3 is 14.4 Å². The Labute approximate surface area is 141 Å². The summed E-state index contributed by atoms with van der Waals surface area (Å²) in [6.45, 7) is 2.70. The van der Waals surface area contributed by atoms with E-state index in [2.05, 4.69) is 4.98 Å². The van der Waals surface area contributed by atoms with Crippen LogP contribution >= 0.6 is 0 Å². The van der Waals surface area contributed by atoms with Gasteiger partial charge in [-0.2, -0.15) is 0 Å². The van der Waals surface area contributed by atoms with Gasteiger partial charge in [-0.1, -0.05) is 6.07 Å². The first kappa shape index (κ1) is 17.2. The van der Waals surface area contributed by atoms with E-state index in [9.17, 15) is 13.2 Å². The van der Waals surface area contributed by atoms with Crippen molar-refractivity contribution in [3.05, 3.63) is 24.4 Å². The van der Waals surface area contributed by atoms with Crippen LogP contribution in [0.4, 0.5) is 0 Å². The molecule has 132 valence electrons. The fourth-order valence-electron chi connectivity index (χ4n) is 3.31. The number of hydrogen-bond acceptors (Lipinski definition) is 6. The van der Waals surface area contributed by atoms with Crippen LogP contribution in [-0.2, 0) is 19.4 Å². The molecular weight excluding hydrogens is 332 g/mol. The molecule has 0 radical (unpaired) electrons. The molecule has 0 aromatic carbocycles. The van der Waals surface area contributed by atoms with E-state index in [-0.39, 0.29) is 29.4 Å². The number of pyridine rings is 1. The number of ether oxygens (including phenoxy) is 2. The summed E-state index contributed by atoms with van der Waals surface area (Å²) in [5.41, 5.74) is -0.238. The molecule has 7 nitrogen and oxygen atoms in total. The highest BCUT2D eigenvalue weighted by atomic mass is 32.2. The molecule has 1 aromatic heterocycles. The van der Waals surface area contributed by atoms with Crippen LogP contribution < -0.4 is 4.74 Å². The van der Waals surface area contributed by atoms with E-state index in [1.807, 2.05) is 12.1 Å². The van der Waals surface area contributed by atoms with Crippen molar-refractivity contribution < 1.29 is 22.7 Å². The van der Waals surface area contributed by atoms with E-state index in [0.717, 1.165) is 6.26 Å². The molecule has 0 spiro atoms. The third-order valence-corrected chi connectivity index (χ3v) is 5.65. The molecule has 0 aliphatic carbocycles. The van der Waals surface area contributed by atoms with E-state index in [0.29, 0.717) is 38.8 Å². The number of likely N-dealkylation sites (tertiary alicyclic amines) is 1. The maximum atomic E-state index is 12.3. The molecule has 0 N–H and O–H groups in total. The number of aromatic nitrogens is 1. The third-order valence-electron chi connectivity index (χ3n) is 4.71. The second-order valence-electron chi connectivity index (χ2n) is 6.69. The molecule has 2 aliphatic heterocycles. The van der Waals surface area contributed by atoms with Crippen LogP contribution in [0.3, 0.4) is 0 Å². The van der Waals surface area contributed by atoms with Crippen LogP contribution in [0.1, 0.15) is 6.42 Å². The first-order valence-electron chi connectivity index (χ1n) is 7.95. The lowest BCUT2D eigenvalue weighted by Gasteiger charge is -2.26. The minimum absolute atomic E-state index is 0.0313. The molecule has 2 atom stereocenters.